The number of benzene rings is 1. The summed E-state index contributed by atoms with van der Waals surface area (Å²) in [6.45, 7) is 4.43. The molecule has 110 valence electrons. The van der Waals surface area contributed by atoms with Crippen LogP contribution in [0.5, 0.6) is 5.88 Å². The molecule has 0 radical (unpaired) electrons. The topological polar surface area (TPSA) is 78.5 Å². The summed E-state index contributed by atoms with van der Waals surface area (Å²) in [6, 6.07) is 7.39. The van der Waals surface area contributed by atoms with Gasteiger partial charge in [0.25, 0.3) is 5.56 Å². The van der Waals surface area contributed by atoms with Gasteiger partial charge in [-0.2, -0.15) is 4.98 Å². The lowest BCUT2D eigenvalue weighted by Crippen LogP contribution is -2.38. The third kappa shape index (κ3) is 2.75. The predicted molar refractivity (Wildman–Crippen MR) is 79.7 cm³/mol. The molecule has 2 aromatic rings. The van der Waals surface area contributed by atoms with Crippen molar-refractivity contribution in [2.45, 2.75) is 6.92 Å². The van der Waals surface area contributed by atoms with E-state index in [1.807, 2.05) is 24.0 Å². The fourth-order valence-corrected chi connectivity index (χ4v) is 2.36. The van der Waals surface area contributed by atoms with Gasteiger partial charge in [-0.05, 0) is 12.5 Å². The minimum Gasteiger partial charge on any atom is -0.493 e. The molecule has 0 spiro atoms. The standard InChI is InChI=1S/C15H17N3O3/c1-10-2-4-11(5-3-10)12-13(19)16-15(17-14(12)20)18-6-8-21-9-7-18/h2-5H,6-9H2,1H3,(H2,16,17,19,20). The molecule has 0 bridgehead atoms. The molecule has 21 heavy (non-hydrogen) atoms. The summed E-state index contributed by atoms with van der Waals surface area (Å²) in [7, 11) is 0. The molecular formula is C15H17N3O3. The second-order valence-electron chi connectivity index (χ2n) is 5.05. The number of aromatic amines is 1. The van der Waals surface area contributed by atoms with Crippen LogP contribution in [-0.2, 0) is 4.74 Å². The number of nitrogens with zero attached hydrogens (tertiary/aromatic N) is 2. The molecule has 0 saturated carbocycles. The lowest BCUT2D eigenvalue weighted by Gasteiger charge is -2.27. The zero-order valence-electron chi connectivity index (χ0n) is 11.8. The highest BCUT2D eigenvalue weighted by Crippen LogP contribution is 2.25. The maximum atomic E-state index is 12.3. The van der Waals surface area contributed by atoms with Crippen molar-refractivity contribution in [3.63, 3.8) is 0 Å². The summed E-state index contributed by atoms with van der Waals surface area (Å²) < 4.78 is 5.26. The number of aromatic nitrogens is 2. The average Bonchev–Trinajstić information content (AvgIpc) is 2.49. The molecule has 1 saturated heterocycles. The van der Waals surface area contributed by atoms with Crippen molar-refractivity contribution in [3.8, 4) is 17.0 Å². The van der Waals surface area contributed by atoms with Crippen LogP contribution in [0.3, 0.4) is 0 Å². The lowest BCUT2D eigenvalue weighted by molar-refractivity contribution is 0.122. The van der Waals surface area contributed by atoms with Crippen molar-refractivity contribution < 1.29 is 9.84 Å². The summed E-state index contributed by atoms with van der Waals surface area (Å²) >= 11 is 0. The Labute approximate surface area is 122 Å². The number of morpholine rings is 1. The van der Waals surface area contributed by atoms with Gasteiger partial charge in [0.15, 0.2) is 0 Å². The normalized spacial score (nSPS) is 15.2. The highest BCUT2D eigenvalue weighted by molar-refractivity contribution is 5.68. The van der Waals surface area contributed by atoms with E-state index in [1.54, 1.807) is 12.1 Å². The maximum Gasteiger partial charge on any atom is 0.264 e. The van der Waals surface area contributed by atoms with E-state index in [0.717, 1.165) is 5.56 Å². The third-order valence-corrected chi connectivity index (χ3v) is 3.54. The second kappa shape index (κ2) is 5.57. The van der Waals surface area contributed by atoms with Crippen molar-refractivity contribution in [2.75, 3.05) is 31.2 Å². The van der Waals surface area contributed by atoms with Gasteiger partial charge in [0.05, 0.1) is 13.2 Å². The number of nitrogens with one attached hydrogen (secondary N) is 1. The van der Waals surface area contributed by atoms with E-state index >= 15 is 0 Å². The van der Waals surface area contributed by atoms with Gasteiger partial charge in [0.1, 0.15) is 5.56 Å². The predicted octanol–water partition coefficient (Wildman–Crippen LogP) is 1.29. The van der Waals surface area contributed by atoms with Crippen LogP contribution in [-0.4, -0.2) is 41.4 Å². The zero-order chi connectivity index (χ0) is 14.8. The molecule has 0 atom stereocenters. The van der Waals surface area contributed by atoms with Crippen molar-refractivity contribution >= 4 is 5.95 Å². The van der Waals surface area contributed by atoms with Crippen molar-refractivity contribution in [2.24, 2.45) is 0 Å². The van der Waals surface area contributed by atoms with Crippen LogP contribution in [0.15, 0.2) is 29.1 Å². The van der Waals surface area contributed by atoms with Gasteiger partial charge < -0.3 is 14.7 Å². The molecule has 2 heterocycles. The van der Waals surface area contributed by atoms with Gasteiger partial charge in [-0.15, -0.1) is 0 Å². The highest BCUT2D eigenvalue weighted by Gasteiger charge is 2.18. The van der Waals surface area contributed by atoms with E-state index in [4.69, 9.17) is 4.74 Å². The fraction of sp³-hybridized carbons (Fsp3) is 0.333. The summed E-state index contributed by atoms with van der Waals surface area (Å²) in [5.74, 6) is 0.140. The first-order valence-electron chi connectivity index (χ1n) is 6.88. The molecule has 1 aromatic heterocycles. The van der Waals surface area contributed by atoms with Crippen LogP contribution >= 0.6 is 0 Å². The van der Waals surface area contributed by atoms with Gasteiger partial charge in [-0.25, -0.2) is 0 Å². The second-order valence-corrected chi connectivity index (χ2v) is 5.05. The maximum absolute atomic E-state index is 12.3. The average molecular weight is 287 g/mol. The molecule has 1 aromatic carbocycles. The van der Waals surface area contributed by atoms with E-state index < -0.39 is 0 Å². The molecule has 0 unspecified atom stereocenters. The van der Waals surface area contributed by atoms with E-state index in [2.05, 4.69) is 9.97 Å². The Balaban J connectivity index is 2.00. The van der Waals surface area contributed by atoms with E-state index in [0.29, 0.717) is 37.8 Å². The number of hydrogen-bond donors (Lipinski definition) is 2. The molecule has 1 aliphatic heterocycles. The summed E-state index contributed by atoms with van der Waals surface area (Å²) in [5, 5.41) is 10.1. The Morgan fingerprint density at radius 2 is 1.90 bits per heavy atom. The Kier molecular flexibility index (Phi) is 3.62. The molecule has 0 aliphatic carbocycles. The van der Waals surface area contributed by atoms with E-state index in [1.165, 1.54) is 0 Å². The van der Waals surface area contributed by atoms with Gasteiger partial charge in [-0.3, -0.25) is 9.78 Å². The molecule has 1 aliphatic rings. The number of aromatic hydroxyl groups is 1. The quantitative estimate of drug-likeness (QED) is 0.870. The number of hydrogen-bond acceptors (Lipinski definition) is 5. The van der Waals surface area contributed by atoms with E-state index in [-0.39, 0.29) is 17.0 Å². The van der Waals surface area contributed by atoms with Gasteiger partial charge in [0.2, 0.25) is 11.8 Å². The van der Waals surface area contributed by atoms with Gasteiger partial charge in [0, 0.05) is 13.1 Å². The number of H-pyrrole nitrogens is 1. The Hall–Kier alpha value is -2.34. The Morgan fingerprint density at radius 1 is 1.24 bits per heavy atom. The number of aryl methyl sites for hydroxylation is 1. The SMILES string of the molecule is Cc1ccc(-c2c(O)nc(N3CCOCC3)[nH]c2=O)cc1. The molecule has 0 amide bonds. The molecule has 1 fully saturated rings. The van der Waals surface area contributed by atoms with Crippen LogP contribution in [0, 0.1) is 6.92 Å². The molecule has 2 N–H and O–H groups in total. The molecular weight excluding hydrogens is 270 g/mol. The number of rotatable bonds is 2. The smallest absolute Gasteiger partial charge is 0.264 e. The fourth-order valence-electron chi connectivity index (χ4n) is 2.36. The van der Waals surface area contributed by atoms with Crippen LogP contribution in [0.25, 0.3) is 11.1 Å². The molecule has 6 nitrogen and oxygen atoms in total. The Bertz CT molecular complexity index is 688. The zero-order valence-corrected chi connectivity index (χ0v) is 11.8. The first-order valence-corrected chi connectivity index (χ1v) is 6.88. The summed E-state index contributed by atoms with van der Waals surface area (Å²) in [5.41, 5.74) is 1.60. The van der Waals surface area contributed by atoms with Gasteiger partial charge >= 0.3 is 0 Å². The summed E-state index contributed by atoms with van der Waals surface area (Å²) in [6.07, 6.45) is 0. The minimum absolute atomic E-state index is 0.201. The van der Waals surface area contributed by atoms with Crippen molar-refractivity contribution in [1.82, 2.24) is 9.97 Å². The highest BCUT2D eigenvalue weighted by atomic mass is 16.5. The van der Waals surface area contributed by atoms with E-state index in [9.17, 15) is 9.90 Å². The first-order chi connectivity index (χ1) is 10.1. The van der Waals surface area contributed by atoms with Crippen LogP contribution in [0.4, 0.5) is 5.95 Å². The third-order valence-electron chi connectivity index (χ3n) is 3.54. The van der Waals surface area contributed by atoms with Crippen molar-refractivity contribution in [3.05, 3.63) is 40.2 Å². The van der Waals surface area contributed by atoms with Crippen LogP contribution in [0.1, 0.15) is 5.56 Å². The minimum atomic E-state index is -0.340. The lowest BCUT2D eigenvalue weighted by atomic mass is 10.1. The van der Waals surface area contributed by atoms with Gasteiger partial charge in [-0.1, -0.05) is 29.8 Å². The summed E-state index contributed by atoms with van der Waals surface area (Å²) in [4.78, 5) is 21.0. The Morgan fingerprint density at radius 3 is 2.52 bits per heavy atom. The first kappa shape index (κ1) is 13.6. The molecule has 3 rings (SSSR count). The van der Waals surface area contributed by atoms with Crippen LogP contribution in [0.2, 0.25) is 0 Å². The monoisotopic (exact) mass is 287 g/mol. The number of anilines is 1. The number of ether oxygens (including phenoxy) is 1. The molecule has 6 heteroatoms. The largest absolute Gasteiger partial charge is 0.493 e. The van der Waals surface area contributed by atoms with Crippen molar-refractivity contribution in [1.29, 1.82) is 0 Å². The van der Waals surface area contributed by atoms with Crippen LogP contribution < -0.4 is 10.5 Å².